The van der Waals surface area contributed by atoms with E-state index < -0.39 is 30.2 Å². The van der Waals surface area contributed by atoms with Crippen LogP contribution < -0.4 is 5.32 Å². The quantitative estimate of drug-likeness (QED) is 0.622. The van der Waals surface area contributed by atoms with Gasteiger partial charge < -0.3 is 10.1 Å². The van der Waals surface area contributed by atoms with Gasteiger partial charge >= 0.3 is 12.1 Å². The number of carbonyl (C=O) groups is 2. The number of halogens is 3. The number of alkyl halides is 3. The number of aromatic nitrogens is 3. The smallest absolute Gasteiger partial charge is 0.417 e. The molecule has 0 aliphatic heterocycles. The molecular weight excluding hydrogens is 401 g/mol. The van der Waals surface area contributed by atoms with Crippen molar-refractivity contribution >= 4 is 11.9 Å². The summed E-state index contributed by atoms with van der Waals surface area (Å²) in [6.45, 7) is 1.36. The number of esters is 1. The number of hydrogen-bond donors (Lipinski definition) is 1. The SMILES string of the molecule is Cc1c(C(=O)OCC(=O)NCc2ccccc2)cnn1-c1ccc(C(F)(F)F)cn1. The number of carbonyl (C=O) groups excluding carboxylic acids is 2. The third-order valence-corrected chi connectivity index (χ3v) is 4.19. The van der Waals surface area contributed by atoms with E-state index in [1.165, 1.54) is 10.9 Å². The molecule has 3 rings (SSSR count). The average molecular weight is 418 g/mol. The third kappa shape index (κ3) is 5.02. The standard InChI is InChI=1S/C20H17F3N4O3/c1-13-16(11-26-27(13)17-8-7-15(10-24-17)20(21,22)23)19(29)30-12-18(28)25-9-14-5-3-2-4-6-14/h2-8,10-11H,9,12H2,1H3,(H,25,28). The van der Waals surface area contributed by atoms with Gasteiger partial charge in [0.1, 0.15) is 5.56 Å². The van der Waals surface area contributed by atoms with Crippen LogP contribution in [0.4, 0.5) is 13.2 Å². The van der Waals surface area contributed by atoms with Crippen molar-refractivity contribution in [3.8, 4) is 5.82 Å². The molecule has 0 aliphatic carbocycles. The van der Waals surface area contributed by atoms with Crippen LogP contribution in [0.25, 0.3) is 5.82 Å². The van der Waals surface area contributed by atoms with Gasteiger partial charge in [0, 0.05) is 12.7 Å². The lowest BCUT2D eigenvalue weighted by Gasteiger charge is -2.08. The highest BCUT2D eigenvalue weighted by molar-refractivity contribution is 5.92. The first-order valence-corrected chi connectivity index (χ1v) is 8.81. The fourth-order valence-electron chi connectivity index (χ4n) is 2.58. The molecule has 0 aliphatic rings. The summed E-state index contributed by atoms with van der Waals surface area (Å²) in [6.07, 6.45) is -2.61. The normalized spacial score (nSPS) is 11.2. The topological polar surface area (TPSA) is 86.1 Å². The van der Waals surface area contributed by atoms with Gasteiger partial charge in [-0.1, -0.05) is 30.3 Å². The number of rotatable bonds is 6. The van der Waals surface area contributed by atoms with Crippen LogP contribution >= 0.6 is 0 Å². The number of ether oxygens (including phenoxy) is 1. The summed E-state index contributed by atoms with van der Waals surface area (Å²) in [5.41, 5.74) is 0.403. The number of nitrogens with one attached hydrogen (secondary N) is 1. The second-order valence-electron chi connectivity index (χ2n) is 6.30. The van der Waals surface area contributed by atoms with Crippen molar-refractivity contribution in [2.24, 2.45) is 0 Å². The molecule has 2 heterocycles. The Morgan fingerprint density at radius 1 is 1.10 bits per heavy atom. The van der Waals surface area contributed by atoms with Crippen LogP contribution in [-0.4, -0.2) is 33.2 Å². The van der Waals surface area contributed by atoms with Gasteiger partial charge in [-0.05, 0) is 24.6 Å². The largest absolute Gasteiger partial charge is 0.452 e. The Morgan fingerprint density at radius 2 is 1.83 bits per heavy atom. The highest BCUT2D eigenvalue weighted by Gasteiger charge is 2.31. The zero-order valence-electron chi connectivity index (χ0n) is 15.8. The fraction of sp³-hybridized carbons (Fsp3) is 0.200. The number of benzene rings is 1. The van der Waals surface area contributed by atoms with Gasteiger partial charge in [-0.25, -0.2) is 14.5 Å². The monoisotopic (exact) mass is 418 g/mol. The molecule has 1 amide bonds. The molecule has 0 unspecified atom stereocenters. The van der Waals surface area contributed by atoms with Crippen LogP contribution in [0, 0.1) is 6.92 Å². The van der Waals surface area contributed by atoms with E-state index in [0.717, 1.165) is 17.7 Å². The van der Waals surface area contributed by atoms with E-state index in [4.69, 9.17) is 4.74 Å². The van der Waals surface area contributed by atoms with E-state index in [1.54, 1.807) is 6.92 Å². The molecule has 30 heavy (non-hydrogen) atoms. The van der Waals surface area contributed by atoms with Crippen molar-refractivity contribution in [1.82, 2.24) is 20.1 Å². The van der Waals surface area contributed by atoms with Crippen LogP contribution in [0.5, 0.6) is 0 Å². The summed E-state index contributed by atoms with van der Waals surface area (Å²) >= 11 is 0. The van der Waals surface area contributed by atoms with Crippen LogP contribution in [-0.2, 0) is 22.3 Å². The van der Waals surface area contributed by atoms with Crippen LogP contribution in [0.1, 0.15) is 27.2 Å². The lowest BCUT2D eigenvalue weighted by atomic mass is 10.2. The van der Waals surface area contributed by atoms with Gasteiger partial charge in [0.25, 0.3) is 5.91 Å². The zero-order chi connectivity index (χ0) is 21.7. The molecule has 1 aromatic carbocycles. The average Bonchev–Trinajstić information content (AvgIpc) is 3.12. The first-order chi connectivity index (χ1) is 14.3. The van der Waals surface area contributed by atoms with E-state index in [2.05, 4.69) is 15.4 Å². The first kappa shape index (κ1) is 21.0. The molecule has 1 N–H and O–H groups in total. The summed E-state index contributed by atoms with van der Waals surface area (Å²) in [5.74, 6) is -1.14. The minimum Gasteiger partial charge on any atom is -0.452 e. The summed E-state index contributed by atoms with van der Waals surface area (Å²) in [4.78, 5) is 27.9. The first-order valence-electron chi connectivity index (χ1n) is 8.81. The highest BCUT2D eigenvalue weighted by atomic mass is 19.4. The molecule has 156 valence electrons. The molecule has 2 aromatic heterocycles. The predicted molar refractivity (Wildman–Crippen MR) is 99.7 cm³/mol. The van der Waals surface area contributed by atoms with Crippen molar-refractivity contribution in [1.29, 1.82) is 0 Å². The molecule has 10 heteroatoms. The molecule has 7 nitrogen and oxygen atoms in total. The van der Waals surface area contributed by atoms with Crippen molar-refractivity contribution in [3.05, 3.63) is 77.2 Å². The Bertz CT molecular complexity index is 1030. The van der Waals surface area contributed by atoms with Crippen molar-refractivity contribution < 1.29 is 27.5 Å². The van der Waals surface area contributed by atoms with Crippen molar-refractivity contribution in [2.75, 3.05) is 6.61 Å². The van der Waals surface area contributed by atoms with E-state index in [-0.39, 0.29) is 11.4 Å². The molecule has 0 radical (unpaired) electrons. The minimum atomic E-state index is -4.50. The van der Waals surface area contributed by atoms with Gasteiger partial charge in [-0.2, -0.15) is 18.3 Å². The van der Waals surface area contributed by atoms with Crippen LogP contribution in [0.3, 0.4) is 0 Å². The maximum absolute atomic E-state index is 12.7. The fourth-order valence-corrected chi connectivity index (χ4v) is 2.58. The van der Waals surface area contributed by atoms with Crippen molar-refractivity contribution in [3.63, 3.8) is 0 Å². The Kier molecular flexibility index (Phi) is 6.14. The summed E-state index contributed by atoms with van der Waals surface area (Å²) in [5, 5.41) is 6.60. The maximum Gasteiger partial charge on any atom is 0.417 e. The lowest BCUT2D eigenvalue weighted by Crippen LogP contribution is -2.28. The summed E-state index contributed by atoms with van der Waals surface area (Å²) in [6, 6.07) is 11.3. The third-order valence-electron chi connectivity index (χ3n) is 4.19. The molecule has 3 aromatic rings. The molecule has 0 saturated carbocycles. The van der Waals surface area contributed by atoms with Gasteiger partial charge in [0.05, 0.1) is 17.5 Å². The summed E-state index contributed by atoms with van der Waals surface area (Å²) in [7, 11) is 0. The molecule has 0 bridgehead atoms. The second-order valence-corrected chi connectivity index (χ2v) is 6.30. The van der Waals surface area contributed by atoms with Gasteiger partial charge in [0.2, 0.25) is 0 Å². The molecule has 0 saturated heterocycles. The van der Waals surface area contributed by atoms with Crippen molar-refractivity contribution in [2.45, 2.75) is 19.6 Å². The molecule has 0 fully saturated rings. The maximum atomic E-state index is 12.7. The minimum absolute atomic E-state index is 0.0764. The molecule has 0 spiro atoms. The van der Waals surface area contributed by atoms with E-state index >= 15 is 0 Å². The van der Waals surface area contributed by atoms with Gasteiger partial charge in [-0.3, -0.25) is 4.79 Å². The Morgan fingerprint density at radius 3 is 2.47 bits per heavy atom. The van der Waals surface area contributed by atoms with Gasteiger partial charge in [0.15, 0.2) is 12.4 Å². The molecule has 0 atom stereocenters. The number of amides is 1. The zero-order valence-corrected chi connectivity index (χ0v) is 15.8. The predicted octanol–water partition coefficient (Wildman–Crippen LogP) is 3.07. The molecular formula is C20H17F3N4O3. The second kappa shape index (κ2) is 8.76. The number of pyridine rings is 1. The number of hydrogen-bond acceptors (Lipinski definition) is 5. The summed E-state index contributed by atoms with van der Waals surface area (Å²) < 4.78 is 44.2. The number of nitrogens with zero attached hydrogens (tertiary/aromatic N) is 3. The lowest BCUT2D eigenvalue weighted by molar-refractivity contribution is -0.137. The highest BCUT2D eigenvalue weighted by Crippen LogP contribution is 2.28. The Labute approximate surface area is 169 Å². The van der Waals surface area contributed by atoms with Gasteiger partial charge in [-0.15, -0.1) is 0 Å². The van der Waals surface area contributed by atoms with Crippen LogP contribution in [0.15, 0.2) is 54.9 Å². The van der Waals surface area contributed by atoms with E-state index in [0.29, 0.717) is 18.4 Å². The van der Waals surface area contributed by atoms with E-state index in [1.807, 2.05) is 30.3 Å². The van der Waals surface area contributed by atoms with Crippen LogP contribution in [0.2, 0.25) is 0 Å². The van der Waals surface area contributed by atoms with E-state index in [9.17, 15) is 22.8 Å². The Hall–Kier alpha value is -3.69. The Balaban J connectivity index is 1.59.